The molecule has 4 rings (SSSR count). The highest BCUT2D eigenvalue weighted by Gasteiger charge is 2.22. The Kier molecular flexibility index (Phi) is 3.86. The van der Waals surface area contributed by atoms with Crippen LogP contribution < -0.4 is 5.32 Å². The quantitative estimate of drug-likeness (QED) is 0.786. The van der Waals surface area contributed by atoms with Gasteiger partial charge in [-0.2, -0.15) is 0 Å². The Balaban J connectivity index is 1.54. The topological polar surface area (TPSA) is 59.1 Å². The monoisotopic (exact) mass is 336 g/mol. The Morgan fingerprint density at radius 2 is 1.96 bits per heavy atom. The van der Waals surface area contributed by atoms with E-state index in [4.69, 9.17) is 0 Å². The number of Topliss-reactive ketones (excluding diaryl/α,β-unsaturated/α-hetero) is 1. The number of rotatable bonds is 3. The molecule has 4 nitrogen and oxygen atoms in total. The van der Waals surface area contributed by atoms with Crippen LogP contribution in [0.5, 0.6) is 0 Å². The van der Waals surface area contributed by atoms with Gasteiger partial charge in [0, 0.05) is 6.42 Å². The van der Waals surface area contributed by atoms with Crippen LogP contribution in [0.25, 0.3) is 10.8 Å². The number of anilines is 1. The normalized spacial score (nSPS) is 13.8. The van der Waals surface area contributed by atoms with Gasteiger partial charge in [-0.1, -0.05) is 53.8 Å². The maximum atomic E-state index is 12.4. The molecule has 2 aromatic carbocycles. The Labute approximate surface area is 143 Å². The average molecular weight is 336 g/mol. The van der Waals surface area contributed by atoms with Crippen LogP contribution in [0.3, 0.4) is 0 Å². The fourth-order valence-electron chi connectivity index (χ4n) is 3.11. The van der Waals surface area contributed by atoms with E-state index < -0.39 is 0 Å². The van der Waals surface area contributed by atoms with Crippen molar-refractivity contribution in [3.05, 3.63) is 58.6 Å². The molecule has 1 heterocycles. The third-order valence-electron chi connectivity index (χ3n) is 4.25. The largest absolute Gasteiger partial charge is 0.302 e. The number of ketones is 1. The SMILES string of the molecule is O=C(Cc1cccc2ccccc12)Nc1nc2c(s1)C(=O)CCC2. The second kappa shape index (κ2) is 6.17. The molecular weight excluding hydrogens is 320 g/mol. The van der Waals surface area contributed by atoms with Crippen LogP contribution in [0.1, 0.15) is 33.8 Å². The minimum Gasteiger partial charge on any atom is -0.302 e. The minimum absolute atomic E-state index is 0.107. The second-order valence-electron chi connectivity index (χ2n) is 5.93. The molecule has 1 aromatic heterocycles. The van der Waals surface area contributed by atoms with E-state index in [0.717, 1.165) is 34.9 Å². The second-order valence-corrected chi connectivity index (χ2v) is 6.93. The summed E-state index contributed by atoms with van der Waals surface area (Å²) >= 11 is 1.29. The Hall–Kier alpha value is -2.53. The van der Waals surface area contributed by atoms with Crippen molar-refractivity contribution in [2.45, 2.75) is 25.7 Å². The Bertz CT molecular complexity index is 940. The van der Waals surface area contributed by atoms with E-state index in [1.54, 1.807) is 0 Å². The van der Waals surface area contributed by atoms with Crippen LogP contribution in [-0.4, -0.2) is 16.7 Å². The van der Waals surface area contributed by atoms with Crippen LogP contribution in [0, 0.1) is 0 Å². The van der Waals surface area contributed by atoms with E-state index in [1.165, 1.54) is 11.3 Å². The molecule has 0 spiro atoms. The molecular formula is C19H16N2O2S. The van der Waals surface area contributed by atoms with E-state index in [-0.39, 0.29) is 11.7 Å². The molecule has 1 aliphatic rings. The Morgan fingerprint density at radius 3 is 2.83 bits per heavy atom. The molecule has 1 amide bonds. The fraction of sp³-hybridized carbons (Fsp3) is 0.211. The van der Waals surface area contributed by atoms with Crippen LogP contribution in [0.4, 0.5) is 5.13 Å². The van der Waals surface area contributed by atoms with Gasteiger partial charge in [0.1, 0.15) is 0 Å². The summed E-state index contributed by atoms with van der Waals surface area (Å²) in [6, 6.07) is 14.0. The predicted octanol–water partition coefficient (Wildman–Crippen LogP) is 4.00. The Morgan fingerprint density at radius 1 is 1.12 bits per heavy atom. The van der Waals surface area contributed by atoms with Gasteiger partial charge < -0.3 is 5.32 Å². The third kappa shape index (κ3) is 2.83. The first-order chi connectivity index (χ1) is 11.7. The number of carbonyl (C=O) groups excluding carboxylic acids is 2. The molecule has 0 atom stereocenters. The van der Waals surface area contributed by atoms with Gasteiger partial charge in [-0.15, -0.1) is 0 Å². The van der Waals surface area contributed by atoms with E-state index in [1.807, 2.05) is 42.5 Å². The smallest absolute Gasteiger partial charge is 0.230 e. The van der Waals surface area contributed by atoms with Crippen molar-refractivity contribution in [3.8, 4) is 0 Å². The number of thiazole rings is 1. The molecule has 0 unspecified atom stereocenters. The molecule has 120 valence electrons. The minimum atomic E-state index is -0.107. The number of fused-ring (bicyclic) bond motifs is 2. The predicted molar refractivity (Wildman–Crippen MR) is 95.7 cm³/mol. The maximum absolute atomic E-state index is 12.4. The summed E-state index contributed by atoms with van der Waals surface area (Å²) in [5.74, 6) is 0.0354. The first-order valence-corrected chi connectivity index (χ1v) is 8.82. The maximum Gasteiger partial charge on any atom is 0.230 e. The van der Waals surface area contributed by atoms with E-state index in [9.17, 15) is 9.59 Å². The van der Waals surface area contributed by atoms with E-state index in [0.29, 0.717) is 22.9 Å². The van der Waals surface area contributed by atoms with E-state index >= 15 is 0 Å². The molecule has 0 fully saturated rings. The van der Waals surface area contributed by atoms with Gasteiger partial charge in [-0.25, -0.2) is 4.98 Å². The van der Waals surface area contributed by atoms with Crippen molar-refractivity contribution in [2.24, 2.45) is 0 Å². The van der Waals surface area contributed by atoms with Gasteiger partial charge in [-0.3, -0.25) is 9.59 Å². The lowest BCUT2D eigenvalue weighted by atomic mass is 10.0. The number of carbonyl (C=O) groups is 2. The zero-order chi connectivity index (χ0) is 16.5. The summed E-state index contributed by atoms with van der Waals surface area (Å²) in [7, 11) is 0. The molecule has 1 N–H and O–H groups in total. The molecule has 5 heteroatoms. The molecule has 0 saturated carbocycles. The van der Waals surface area contributed by atoms with Gasteiger partial charge >= 0.3 is 0 Å². The van der Waals surface area contributed by atoms with Crippen molar-refractivity contribution in [1.29, 1.82) is 0 Å². The number of hydrogen-bond acceptors (Lipinski definition) is 4. The van der Waals surface area contributed by atoms with Crippen molar-refractivity contribution < 1.29 is 9.59 Å². The number of aryl methyl sites for hydroxylation is 1. The van der Waals surface area contributed by atoms with Gasteiger partial charge in [0.25, 0.3) is 0 Å². The lowest BCUT2D eigenvalue weighted by Crippen LogP contribution is -2.14. The number of benzene rings is 2. The summed E-state index contributed by atoms with van der Waals surface area (Å²) in [6.45, 7) is 0. The fourth-order valence-corrected chi connectivity index (χ4v) is 4.10. The lowest BCUT2D eigenvalue weighted by Gasteiger charge is -2.06. The first kappa shape index (κ1) is 15.0. The molecule has 0 aliphatic heterocycles. The molecule has 3 aromatic rings. The molecule has 24 heavy (non-hydrogen) atoms. The zero-order valence-corrected chi connectivity index (χ0v) is 13.9. The summed E-state index contributed by atoms with van der Waals surface area (Å²) in [4.78, 5) is 29.4. The lowest BCUT2D eigenvalue weighted by molar-refractivity contribution is -0.115. The van der Waals surface area contributed by atoms with Gasteiger partial charge in [0.2, 0.25) is 5.91 Å². The van der Waals surface area contributed by atoms with Crippen LogP contribution in [0.2, 0.25) is 0 Å². The van der Waals surface area contributed by atoms with Gasteiger partial charge in [-0.05, 0) is 29.2 Å². The van der Waals surface area contributed by atoms with Crippen molar-refractivity contribution in [3.63, 3.8) is 0 Å². The van der Waals surface area contributed by atoms with Crippen molar-refractivity contribution >= 4 is 38.9 Å². The number of amides is 1. The number of aromatic nitrogens is 1. The van der Waals surface area contributed by atoms with Crippen molar-refractivity contribution in [1.82, 2.24) is 4.98 Å². The van der Waals surface area contributed by atoms with Gasteiger partial charge in [0.15, 0.2) is 10.9 Å². The summed E-state index contributed by atoms with van der Waals surface area (Å²) in [5.41, 5.74) is 1.82. The number of nitrogens with zero attached hydrogens (tertiary/aromatic N) is 1. The summed E-state index contributed by atoms with van der Waals surface area (Å²) in [6.07, 6.45) is 2.54. The van der Waals surface area contributed by atoms with Crippen LogP contribution >= 0.6 is 11.3 Å². The zero-order valence-electron chi connectivity index (χ0n) is 13.0. The first-order valence-electron chi connectivity index (χ1n) is 8.00. The average Bonchev–Trinajstić information content (AvgIpc) is 2.99. The highest BCUT2D eigenvalue weighted by molar-refractivity contribution is 7.17. The number of hydrogen-bond donors (Lipinski definition) is 1. The summed E-state index contributed by atoms with van der Waals surface area (Å²) < 4.78 is 0. The standard InChI is InChI=1S/C19H16N2O2S/c22-16-10-4-9-15-18(16)24-19(20-15)21-17(23)11-13-7-3-6-12-5-1-2-8-14(12)13/h1-3,5-8H,4,9-11H2,(H,20,21,23). The third-order valence-corrected chi connectivity index (χ3v) is 5.30. The van der Waals surface area contributed by atoms with E-state index in [2.05, 4.69) is 10.3 Å². The number of nitrogens with one attached hydrogen (secondary N) is 1. The molecule has 1 aliphatic carbocycles. The molecule has 0 radical (unpaired) electrons. The molecule has 0 bridgehead atoms. The molecule has 0 saturated heterocycles. The summed E-state index contributed by atoms with van der Waals surface area (Å²) in [5, 5.41) is 5.59. The highest BCUT2D eigenvalue weighted by atomic mass is 32.1. The van der Waals surface area contributed by atoms with Crippen LogP contribution in [0.15, 0.2) is 42.5 Å². The van der Waals surface area contributed by atoms with Crippen LogP contribution in [-0.2, 0) is 17.6 Å². The highest BCUT2D eigenvalue weighted by Crippen LogP contribution is 2.29. The van der Waals surface area contributed by atoms with Gasteiger partial charge in [0.05, 0.1) is 17.0 Å². The van der Waals surface area contributed by atoms with Crippen molar-refractivity contribution in [2.75, 3.05) is 5.32 Å².